The van der Waals surface area contributed by atoms with Crippen molar-refractivity contribution in [1.29, 1.82) is 5.26 Å². The first-order valence-corrected chi connectivity index (χ1v) is 15.8. The molecule has 0 unspecified atom stereocenters. The van der Waals surface area contributed by atoms with E-state index in [0.29, 0.717) is 68.7 Å². The molecule has 0 spiro atoms. The van der Waals surface area contributed by atoms with E-state index in [1.165, 1.54) is 12.3 Å². The molecule has 0 aliphatic rings. The number of rotatable bonds is 12. The van der Waals surface area contributed by atoms with Crippen LogP contribution in [0.3, 0.4) is 0 Å². The molecule has 0 aliphatic heterocycles. The highest BCUT2D eigenvalue weighted by Crippen LogP contribution is 2.35. The summed E-state index contributed by atoms with van der Waals surface area (Å²) >= 11 is 6.55. The molecule has 13 heteroatoms. The highest BCUT2D eigenvalue weighted by molar-refractivity contribution is 6.34. The number of pyridine rings is 2. The molecule has 0 atom stereocenters. The van der Waals surface area contributed by atoms with Crippen molar-refractivity contribution >= 4 is 52.4 Å². The zero-order chi connectivity index (χ0) is 35.2. The second kappa shape index (κ2) is 15.0. The Morgan fingerprint density at radius 3 is 2.72 bits per heavy atom. The summed E-state index contributed by atoms with van der Waals surface area (Å²) < 4.78 is 7.52. The fraction of sp³-hybridized carbons (Fsp3) is 0.135. The highest BCUT2D eigenvalue weighted by Gasteiger charge is 2.18. The van der Waals surface area contributed by atoms with Crippen molar-refractivity contribution in [3.63, 3.8) is 0 Å². The molecule has 0 saturated carbocycles. The van der Waals surface area contributed by atoms with E-state index in [2.05, 4.69) is 31.7 Å². The Labute approximate surface area is 291 Å². The number of carboxylic acids is 1. The predicted octanol–water partition coefficient (Wildman–Crippen LogP) is 6.17. The molecule has 0 saturated heterocycles. The number of aliphatic hydroxyl groups excluding tert-OH is 1. The number of nitrogens with zero attached hydrogens (tertiary/aromatic N) is 5. The van der Waals surface area contributed by atoms with Gasteiger partial charge in [-0.2, -0.15) is 5.26 Å². The lowest BCUT2D eigenvalue weighted by atomic mass is 9.94. The number of carbonyl (C=O) groups excluding carboxylic acids is 1. The maximum atomic E-state index is 13.2. The van der Waals surface area contributed by atoms with Crippen molar-refractivity contribution in [3.8, 4) is 17.2 Å². The quantitative estimate of drug-likeness (QED) is 0.109. The molecule has 0 bridgehead atoms. The Balaban J connectivity index is 1.25. The van der Waals surface area contributed by atoms with Crippen LogP contribution in [-0.4, -0.2) is 54.8 Å². The first-order valence-electron chi connectivity index (χ1n) is 15.5. The van der Waals surface area contributed by atoms with Crippen LogP contribution in [0, 0.1) is 18.3 Å². The lowest BCUT2D eigenvalue weighted by molar-refractivity contribution is 0.0696. The molecule has 4 heterocycles. The Bertz CT molecular complexity index is 2290. The number of halogens is 1. The van der Waals surface area contributed by atoms with E-state index in [9.17, 15) is 20.0 Å². The summed E-state index contributed by atoms with van der Waals surface area (Å²) in [5.74, 6) is -1.07. The Morgan fingerprint density at radius 1 is 1.12 bits per heavy atom. The third-order valence-electron chi connectivity index (χ3n) is 7.82. The second-order valence-electron chi connectivity index (χ2n) is 11.3. The van der Waals surface area contributed by atoms with Gasteiger partial charge in [-0.3, -0.25) is 14.8 Å². The van der Waals surface area contributed by atoms with E-state index in [0.717, 1.165) is 11.1 Å². The fourth-order valence-corrected chi connectivity index (χ4v) is 5.70. The number of oxazole rings is 1. The number of hydrogen-bond acceptors (Lipinski definition) is 9. The van der Waals surface area contributed by atoms with Gasteiger partial charge < -0.3 is 29.8 Å². The highest BCUT2D eigenvalue weighted by atomic mass is 35.5. The molecule has 12 nitrogen and oxygen atoms in total. The van der Waals surface area contributed by atoms with Gasteiger partial charge in [-0.1, -0.05) is 35.9 Å². The molecule has 2 aromatic carbocycles. The van der Waals surface area contributed by atoms with E-state index >= 15 is 0 Å². The van der Waals surface area contributed by atoms with Gasteiger partial charge in [-0.25, -0.2) is 9.78 Å². The number of carbonyl (C=O) groups is 2. The Kier molecular flexibility index (Phi) is 10.1. The van der Waals surface area contributed by atoms with Gasteiger partial charge in [0.15, 0.2) is 5.58 Å². The van der Waals surface area contributed by atoms with Crippen LogP contribution in [0.5, 0.6) is 0 Å². The van der Waals surface area contributed by atoms with Gasteiger partial charge in [0.1, 0.15) is 17.3 Å². The van der Waals surface area contributed by atoms with Crippen LogP contribution in [0.4, 0.5) is 5.69 Å². The maximum absolute atomic E-state index is 13.2. The molecule has 6 aromatic rings. The molecule has 0 radical (unpaired) electrons. The fourth-order valence-electron chi connectivity index (χ4n) is 5.44. The minimum absolute atomic E-state index is 0.0303. The van der Waals surface area contributed by atoms with Crippen LogP contribution < -0.4 is 10.6 Å². The SMILES string of the molecule is Cc1cccc(NC(=O)c2ccc(CNCCO)cn2)c1-c1ccnc(/C=C/c2cc(Cl)c3oc(Cn4ccc(C(=O)O)c4)nc3c2)c1C#N. The van der Waals surface area contributed by atoms with E-state index in [1.807, 2.05) is 19.1 Å². The van der Waals surface area contributed by atoms with E-state index in [4.69, 9.17) is 21.1 Å². The van der Waals surface area contributed by atoms with Crippen molar-refractivity contribution in [3.05, 3.63) is 130 Å². The number of fused-ring (bicyclic) bond motifs is 1. The molecule has 0 aliphatic carbocycles. The topological polar surface area (TPSA) is 179 Å². The third-order valence-corrected chi connectivity index (χ3v) is 8.10. The molecule has 6 rings (SSSR count). The zero-order valence-corrected chi connectivity index (χ0v) is 27.5. The van der Waals surface area contributed by atoms with Gasteiger partial charge in [-0.15, -0.1) is 0 Å². The number of nitriles is 1. The average molecular weight is 688 g/mol. The van der Waals surface area contributed by atoms with Crippen molar-refractivity contribution in [2.45, 2.75) is 20.0 Å². The molecule has 50 heavy (non-hydrogen) atoms. The number of amides is 1. The molecule has 4 N–H and O–H groups in total. The van der Waals surface area contributed by atoms with E-state index in [-0.39, 0.29) is 24.4 Å². The number of carboxylic acid groups (broad SMARTS) is 1. The van der Waals surface area contributed by atoms with Crippen molar-refractivity contribution in [2.75, 3.05) is 18.5 Å². The van der Waals surface area contributed by atoms with E-state index in [1.54, 1.807) is 71.7 Å². The van der Waals surface area contributed by atoms with Crippen LogP contribution in [-0.2, 0) is 13.1 Å². The van der Waals surface area contributed by atoms with E-state index < -0.39 is 11.9 Å². The number of hydrogen-bond donors (Lipinski definition) is 4. The summed E-state index contributed by atoms with van der Waals surface area (Å²) in [6.45, 7) is 3.13. The molecule has 250 valence electrons. The summed E-state index contributed by atoms with van der Waals surface area (Å²) in [7, 11) is 0. The first kappa shape index (κ1) is 33.8. The molecule has 4 aromatic heterocycles. The van der Waals surface area contributed by atoms with Crippen LogP contribution in [0.2, 0.25) is 5.02 Å². The van der Waals surface area contributed by atoms with Crippen LogP contribution in [0.15, 0.2) is 83.8 Å². The normalized spacial score (nSPS) is 11.2. The second-order valence-corrected chi connectivity index (χ2v) is 11.7. The predicted molar refractivity (Wildman–Crippen MR) is 189 cm³/mol. The largest absolute Gasteiger partial charge is 0.478 e. The monoisotopic (exact) mass is 687 g/mol. The average Bonchev–Trinajstić information content (AvgIpc) is 3.75. The van der Waals surface area contributed by atoms with Gasteiger partial charge in [-0.05, 0) is 66.1 Å². The van der Waals surface area contributed by atoms with Gasteiger partial charge in [0.2, 0.25) is 5.89 Å². The number of benzene rings is 2. The lowest BCUT2D eigenvalue weighted by Crippen LogP contribution is -2.18. The summed E-state index contributed by atoms with van der Waals surface area (Å²) in [5.41, 5.74) is 6.24. The number of aryl methyl sites for hydroxylation is 1. The summed E-state index contributed by atoms with van der Waals surface area (Å²) in [5, 5.41) is 34.8. The minimum atomic E-state index is -1.02. The number of aromatic nitrogens is 4. The first-order chi connectivity index (χ1) is 24.2. The maximum Gasteiger partial charge on any atom is 0.337 e. The van der Waals surface area contributed by atoms with Crippen molar-refractivity contribution in [2.24, 2.45) is 0 Å². The third kappa shape index (κ3) is 7.45. The van der Waals surface area contributed by atoms with Crippen molar-refractivity contribution < 1.29 is 24.2 Å². The standard InChI is InChI=1S/C37H30ClN7O5/c1-22-3-2-4-30(44-36(47)31-8-6-24(19-42-31)18-40-12-14-46)34(22)26-9-11-41-29(27(26)17-39)7-5-23-15-28(38)35-32(16-23)43-33(50-35)21-45-13-10-25(20-45)37(48)49/h2-11,13,15-16,19-20,40,46H,12,14,18,21H2,1H3,(H,44,47)(H,48,49)/b7-5+. The molecule has 0 fully saturated rings. The number of aromatic carboxylic acids is 1. The number of anilines is 1. The number of nitrogens with one attached hydrogen (secondary N) is 2. The van der Waals surface area contributed by atoms with Crippen LogP contribution in [0.1, 0.15) is 54.7 Å². The van der Waals surface area contributed by atoms with Gasteiger partial charge in [0, 0.05) is 54.7 Å². The van der Waals surface area contributed by atoms with Crippen molar-refractivity contribution in [1.82, 2.24) is 24.8 Å². The van der Waals surface area contributed by atoms with Crippen LogP contribution in [0.25, 0.3) is 34.4 Å². The van der Waals surface area contributed by atoms with Gasteiger partial charge in [0.25, 0.3) is 5.91 Å². The van der Waals surface area contributed by atoms with Gasteiger partial charge >= 0.3 is 5.97 Å². The lowest BCUT2D eigenvalue weighted by Gasteiger charge is -2.16. The molecular formula is C37H30ClN7O5. The van der Waals surface area contributed by atoms with Crippen LogP contribution >= 0.6 is 11.6 Å². The Morgan fingerprint density at radius 2 is 1.98 bits per heavy atom. The summed E-state index contributed by atoms with van der Waals surface area (Å²) in [4.78, 5) is 37.8. The summed E-state index contributed by atoms with van der Waals surface area (Å²) in [6.07, 6.45) is 9.83. The Hall–Kier alpha value is -6.13. The minimum Gasteiger partial charge on any atom is -0.478 e. The molecule has 1 amide bonds. The zero-order valence-electron chi connectivity index (χ0n) is 26.7. The number of aliphatic hydroxyl groups is 1. The summed E-state index contributed by atoms with van der Waals surface area (Å²) in [6, 6.07) is 18.0. The van der Waals surface area contributed by atoms with Gasteiger partial charge in [0.05, 0.1) is 35.0 Å². The molecular weight excluding hydrogens is 658 g/mol. The smallest absolute Gasteiger partial charge is 0.337 e.